The number of likely N-dealkylation sites (tertiary alicyclic amines) is 1. The average Bonchev–Trinajstić information content (AvgIpc) is 3.17. The van der Waals surface area contributed by atoms with Gasteiger partial charge in [0.25, 0.3) is 5.89 Å². The summed E-state index contributed by atoms with van der Waals surface area (Å²) in [6.07, 6.45) is 2.75. The van der Waals surface area contributed by atoms with E-state index in [0.29, 0.717) is 31.6 Å². The molecule has 0 saturated carbocycles. The zero-order valence-corrected chi connectivity index (χ0v) is 20.5. The quantitative estimate of drug-likeness (QED) is 0.465. The zero-order valence-electron chi connectivity index (χ0n) is 20.5. The van der Waals surface area contributed by atoms with Crippen LogP contribution in [-0.4, -0.2) is 51.1 Å². The maximum atomic E-state index is 13.7. The average molecular weight is 472 g/mol. The molecule has 1 aliphatic heterocycles. The number of carbonyl (C=O) groups excluding carboxylic acids is 3. The third-order valence-corrected chi connectivity index (χ3v) is 6.05. The second-order valence-electron chi connectivity index (χ2n) is 9.89. The summed E-state index contributed by atoms with van der Waals surface area (Å²) in [4.78, 5) is 52.6. The van der Waals surface area contributed by atoms with E-state index < -0.39 is 23.6 Å². The molecule has 1 aromatic carbocycles. The Morgan fingerprint density at radius 1 is 1.03 bits per heavy atom. The van der Waals surface area contributed by atoms with E-state index in [0.717, 1.165) is 23.9 Å². The number of Topliss-reactive ketones (excluding diaryl/α,β-unsaturated/α-hetero) is 1. The second kappa shape index (κ2) is 10.9. The number of hydrogen-bond donors (Lipinski definition) is 1. The van der Waals surface area contributed by atoms with Crippen molar-refractivity contribution in [2.75, 3.05) is 13.1 Å². The highest BCUT2D eigenvalue weighted by atomic mass is 16.4. The number of aromatic nitrogens is 2. The molecule has 2 heterocycles. The van der Waals surface area contributed by atoms with Crippen LogP contribution in [0, 0.1) is 11.8 Å². The molecule has 0 aliphatic carbocycles. The first-order valence-electron chi connectivity index (χ1n) is 12.0. The van der Waals surface area contributed by atoms with E-state index in [-0.39, 0.29) is 28.1 Å². The minimum Gasteiger partial charge on any atom is -0.384 e. The second-order valence-corrected chi connectivity index (χ2v) is 9.89. The number of urea groups is 1. The van der Waals surface area contributed by atoms with Gasteiger partial charge >= 0.3 is 17.7 Å². The van der Waals surface area contributed by atoms with Crippen LogP contribution in [0.5, 0.6) is 0 Å². The summed E-state index contributed by atoms with van der Waals surface area (Å²) >= 11 is 0. The third-order valence-electron chi connectivity index (χ3n) is 6.05. The summed E-state index contributed by atoms with van der Waals surface area (Å²) in [7, 11) is 0. The highest BCUT2D eigenvalue weighted by molar-refractivity contribution is 6.00. The zero-order chi connectivity index (χ0) is 24.9. The number of ketones is 1. The molecule has 9 nitrogen and oxygen atoms in total. The van der Waals surface area contributed by atoms with E-state index in [2.05, 4.69) is 10.4 Å². The maximum Gasteiger partial charge on any atom is 0.437 e. The molecule has 0 spiro atoms. The largest absolute Gasteiger partial charge is 0.437 e. The van der Waals surface area contributed by atoms with Gasteiger partial charge in [-0.1, -0.05) is 45.9 Å². The lowest BCUT2D eigenvalue weighted by atomic mass is 9.99. The lowest BCUT2D eigenvalue weighted by Crippen LogP contribution is -2.65. The van der Waals surface area contributed by atoms with Gasteiger partial charge in [-0.05, 0) is 49.7 Å². The first-order chi connectivity index (χ1) is 16.1. The molecule has 1 atom stereocenters. The molecule has 1 unspecified atom stereocenters. The van der Waals surface area contributed by atoms with Crippen LogP contribution in [0.3, 0.4) is 0 Å². The minimum absolute atomic E-state index is 0.0679. The van der Waals surface area contributed by atoms with Crippen LogP contribution >= 0.6 is 0 Å². The third kappa shape index (κ3) is 5.70. The number of nitrogens with one attached hydrogen (secondary N) is 1. The van der Waals surface area contributed by atoms with Crippen molar-refractivity contribution in [3.05, 3.63) is 52.3 Å². The van der Waals surface area contributed by atoms with Crippen LogP contribution < -0.4 is 11.1 Å². The molecule has 184 valence electrons. The smallest absolute Gasteiger partial charge is 0.384 e. The van der Waals surface area contributed by atoms with Crippen molar-refractivity contribution in [3.8, 4) is 0 Å². The molecule has 34 heavy (non-hydrogen) atoms. The molecule has 9 heteroatoms. The fourth-order valence-corrected chi connectivity index (χ4v) is 4.37. The molecule has 1 aromatic heterocycles. The number of rotatable bonds is 8. The van der Waals surface area contributed by atoms with Crippen LogP contribution in [0.25, 0.3) is 0 Å². The topological polar surface area (TPSA) is 111 Å². The van der Waals surface area contributed by atoms with Crippen LogP contribution in [0.4, 0.5) is 4.79 Å². The highest BCUT2D eigenvalue weighted by Gasteiger charge is 2.47. The highest BCUT2D eigenvalue weighted by Crippen LogP contribution is 2.24. The Kier molecular flexibility index (Phi) is 8.19. The Morgan fingerprint density at radius 2 is 1.68 bits per heavy atom. The van der Waals surface area contributed by atoms with Crippen molar-refractivity contribution in [2.45, 2.75) is 66.0 Å². The molecule has 0 bridgehead atoms. The number of piperidine rings is 1. The van der Waals surface area contributed by atoms with E-state index in [1.807, 2.05) is 33.8 Å². The molecule has 2 aromatic rings. The van der Waals surface area contributed by atoms with Gasteiger partial charge in [-0.15, -0.1) is 5.10 Å². The van der Waals surface area contributed by atoms with E-state index in [4.69, 9.17) is 4.42 Å². The summed E-state index contributed by atoms with van der Waals surface area (Å²) < 4.78 is 5.88. The fraction of sp³-hybridized carbons (Fsp3) is 0.560. The number of quaternary nitrogens is 1. The number of hydrogen-bond acceptors (Lipinski definition) is 6. The number of amides is 3. The van der Waals surface area contributed by atoms with E-state index in [9.17, 15) is 19.2 Å². The van der Waals surface area contributed by atoms with Crippen molar-refractivity contribution >= 4 is 17.7 Å². The summed E-state index contributed by atoms with van der Waals surface area (Å²) in [5, 5.41) is 6.89. The first kappa shape index (κ1) is 25.6. The summed E-state index contributed by atoms with van der Waals surface area (Å²) in [5.41, 5.74) is 0.463. The number of carbonyl (C=O) groups is 3. The van der Waals surface area contributed by atoms with Crippen LogP contribution in [0.1, 0.15) is 74.4 Å². The van der Waals surface area contributed by atoms with Gasteiger partial charge in [-0.3, -0.25) is 10.1 Å². The van der Waals surface area contributed by atoms with Gasteiger partial charge in [0.1, 0.15) is 6.04 Å². The predicted octanol–water partition coefficient (Wildman–Crippen LogP) is 3.64. The van der Waals surface area contributed by atoms with E-state index in [1.54, 1.807) is 24.3 Å². The predicted molar refractivity (Wildman–Crippen MR) is 126 cm³/mol. The van der Waals surface area contributed by atoms with Gasteiger partial charge in [0.2, 0.25) is 5.78 Å². The Labute approximate surface area is 199 Å². The summed E-state index contributed by atoms with van der Waals surface area (Å²) in [6.45, 7) is 8.79. The normalized spacial score (nSPS) is 16.4. The standard InChI is InChI=1S/C25H34N4O5/c1-17(2)15-20(21(30)22-27-28(16-18(3)4)25(33)34-22)26-24(32)29(13-9-6-10-14-29)23(31)19-11-7-5-8-12-19/h5,7-8,11-12,17-18,20H,6,9-10,13-16H2,1-4H3/p+1. The Morgan fingerprint density at radius 3 is 2.26 bits per heavy atom. The van der Waals surface area contributed by atoms with E-state index in [1.165, 1.54) is 0 Å². The lowest BCUT2D eigenvalue weighted by Gasteiger charge is -2.36. The van der Waals surface area contributed by atoms with Crippen molar-refractivity contribution < 1.29 is 23.3 Å². The van der Waals surface area contributed by atoms with Crippen molar-refractivity contribution in [1.82, 2.24) is 15.1 Å². The van der Waals surface area contributed by atoms with Crippen molar-refractivity contribution in [3.63, 3.8) is 0 Å². The van der Waals surface area contributed by atoms with Crippen molar-refractivity contribution in [2.24, 2.45) is 11.8 Å². The molecule has 1 aliphatic rings. The molecule has 3 amide bonds. The van der Waals surface area contributed by atoms with Crippen LogP contribution in [0.15, 0.2) is 39.5 Å². The van der Waals surface area contributed by atoms with Crippen LogP contribution in [-0.2, 0) is 6.54 Å². The Hall–Kier alpha value is -3.07. The monoisotopic (exact) mass is 471 g/mol. The van der Waals surface area contributed by atoms with Gasteiger partial charge in [0, 0.05) is 0 Å². The molecule has 0 radical (unpaired) electrons. The number of imide groups is 1. The number of benzene rings is 1. The molecule has 1 N–H and O–H groups in total. The SMILES string of the molecule is CC(C)CC(NC(=O)[N+]1(C(=O)c2ccccc2)CCCCC1)C(=O)c1nn(CC(C)C)c(=O)o1. The summed E-state index contributed by atoms with van der Waals surface area (Å²) in [6, 6.07) is 7.31. The molecular weight excluding hydrogens is 436 g/mol. The molecule has 1 saturated heterocycles. The Balaban J connectivity index is 1.89. The van der Waals surface area contributed by atoms with Gasteiger partial charge in [0.15, 0.2) is 0 Å². The summed E-state index contributed by atoms with van der Waals surface area (Å²) in [5.74, 6) is -1.66. The lowest BCUT2D eigenvalue weighted by molar-refractivity contribution is -0.773. The molecule has 1 fully saturated rings. The van der Waals surface area contributed by atoms with Gasteiger partial charge in [0.05, 0.1) is 25.2 Å². The Bertz CT molecular complexity index is 1060. The molecule has 3 rings (SSSR count). The van der Waals surface area contributed by atoms with Crippen molar-refractivity contribution in [1.29, 1.82) is 0 Å². The fourth-order valence-electron chi connectivity index (χ4n) is 4.37. The van der Waals surface area contributed by atoms with Gasteiger partial charge in [-0.25, -0.2) is 14.4 Å². The minimum atomic E-state index is -0.960. The first-order valence-corrected chi connectivity index (χ1v) is 12.0. The maximum absolute atomic E-state index is 13.7. The number of nitrogens with zero attached hydrogens (tertiary/aromatic N) is 3. The van der Waals surface area contributed by atoms with Gasteiger partial charge in [-0.2, -0.15) is 9.16 Å². The molecular formula is C25H35N4O5+. The van der Waals surface area contributed by atoms with Gasteiger partial charge < -0.3 is 4.42 Å². The van der Waals surface area contributed by atoms with E-state index >= 15 is 0 Å². The van der Waals surface area contributed by atoms with Crippen LogP contribution in [0.2, 0.25) is 0 Å².